The van der Waals surface area contributed by atoms with E-state index < -0.39 is 10.8 Å². The van der Waals surface area contributed by atoms with Gasteiger partial charge in [0.15, 0.2) is 11.2 Å². The van der Waals surface area contributed by atoms with Crippen LogP contribution in [0.2, 0.25) is 0 Å². The van der Waals surface area contributed by atoms with Crippen LogP contribution in [-0.4, -0.2) is 9.97 Å². The molecule has 2 aliphatic heterocycles. The lowest BCUT2D eigenvalue weighted by molar-refractivity contribution is 0.619. The zero-order chi connectivity index (χ0) is 58.2. The van der Waals surface area contributed by atoms with Crippen molar-refractivity contribution in [2.75, 3.05) is 9.80 Å². The van der Waals surface area contributed by atoms with E-state index in [4.69, 9.17) is 18.8 Å². The van der Waals surface area contributed by atoms with Gasteiger partial charge in [-0.1, -0.05) is 255 Å². The monoisotopic (exact) mass is 1130 g/mol. The lowest BCUT2D eigenvalue weighted by atomic mass is 9.62. The van der Waals surface area contributed by atoms with E-state index in [0.29, 0.717) is 34.0 Å². The van der Waals surface area contributed by atoms with Crippen LogP contribution < -0.4 is 9.80 Å². The SMILES string of the molecule is c1ccc(-c2nc3c(-c4ccc(N5c6ccccc6C(c6ccccc6)(c6ccccc6)c6ccccc65)cc4)c4oc(-c5ccccc5)nc4c(-c4ccc(N5c6ccccc6C(c6ccccc6)(c6ccccc6)c6ccccc65)cc4)c3o2)cc1. The molecule has 0 saturated carbocycles. The van der Waals surface area contributed by atoms with Gasteiger partial charge < -0.3 is 18.6 Å². The van der Waals surface area contributed by atoms with Gasteiger partial charge in [0.25, 0.3) is 0 Å². The standard InChI is InChI=1S/C82H54N4O2/c1-7-27-57(28-8-1)79-83-75-73(55-47-51-63(52-48-55)85-69-43-23-19-39-65(69)81(59-31-11-3-12-32-59,60-33-13-4-14-34-60)66-40-20-24-44-70(66)85)78-76(84-80(88-78)58-29-9-2-10-30-58)74(77(75)87-79)56-49-53-64(54-50-56)86-71-45-25-21-41-67(71)82(61-35-15-5-16-36-61,62-37-17-6-18-38-62)68-42-22-26-46-72(68)86/h1-54H. The normalized spacial score (nSPS) is 13.6. The van der Waals surface area contributed by atoms with Gasteiger partial charge in [0.2, 0.25) is 11.8 Å². The van der Waals surface area contributed by atoms with Crippen LogP contribution in [0.4, 0.5) is 34.1 Å². The topological polar surface area (TPSA) is 58.5 Å². The minimum absolute atomic E-state index is 0.506. The Labute approximate surface area is 510 Å². The van der Waals surface area contributed by atoms with Crippen molar-refractivity contribution in [1.82, 2.24) is 9.97 Å². The Morgan fingerprint density at radius 3 is 0.773 bits per heavy atom. The highest BCUT2D eigenvalue weighted by Crippen LogP contribution is 2.60. The largest absolute Gasteiger partial charge is 0.435 e. The first-order valence-electron chi connectivity index (χ1n) is 30.0. The average Bonchev–Trinajstić information content (AvgIpc) is 0.987. The van der Waals surface area contributed by atoms with E-state index in [1.165, 1.54) is 44.5 Å². The predicted molar refractivity (Wildman–Crippen MR) is 356 cm³/mol. The maximum atomic E-state index is 7.15. The molecule has 13 aromatic carbocycles. The third-order valence-corrected chi connectivity index (χ3v) is 18.1. The van der Waals surface area contributed by atoms with Gasteiger partial charge in [-0.05, 0) is 128 Å². The molecule has 0 amide bonds. The summed E-state index contributed by atoms with van der Waals surface area (Å²) in [5.74, 6) is 1.01. The van der Waals surface area contributed by atoms with Crippen molar-refractivity contribution in [2.24, 2.45) is 0 Å². The third kappa shape index (κ3) is 7.68. The van der Waals surface area contributed by atoms with Crippen LogP contribution in [0.5, 0.6) is 0 Å². The average molecular weight is 1130 g/mol. The molecule has 0 radical (unpaired) electrons. The number of benzene rings is 13. The lowest BCUT2D eigenvalue weighted by Gasteiger charge is -2.46. The summed E-state index contributed by atoms with van der Waals surface area (Å²) >= 11 is 0. The van der Waals surface area contributed by atoms with E-state index in [2.05, 4.69) is 277 Å². The Morgan fingerprint density at radius 1 is 0.239 bits per heavy atom. The van der Waals surface area contributed by atoms with Crippen molar-refractivity contribution < 1.29 is 8.83 Å². The molecule has 0 unspecified atom stereocenters. The van der Waals surface area contributed by atoms with Crippen molar-refractivity contribution in [2.45, 2.75) is 10.8 Å². The number of hydrogen-bond donors (Lipinski definition) is 0. The summed E-state index contributed by atoms with van der Waals surface area (Å²) in [5.41, 5.74) is 22.7. The summed E-state index contributed by atoms with van der Waals surface area (Å²) in [4.78, 5) is 15.7. The van der Waals surface area contributed by atoms with Gasteiger partial charge in [-0.25, -0.2) is 9.97 Å². The fourth-order valence-electron chi connectivity index (χ4n) is 14.4. The highest BCUT2D eigenvalue weighted by Gasteiger charge is 2.48. The van der Waals surface area contributed by atoms with Crippen LogP contribution in [0.15, 0.2) is 336 Å². The second-order valence-electron chi connectivity index (χ2n) is 22.7. The van der Waals surface area contributed by atoms with Crippen LogP contribution in [0.3, 0.4) is 0 Å². The van der Waals surface area contributed by atoms with Gasteiger partial charge in [0, 0.05) is 22.5 Å². The number of fused-ring (bicyclic) bond motifs is 6. The molecule has 414 valence electrons. The van der Waals surface area contributed by atoms with E-state index >= 15 is 0 Å². The summed E-state index contributed by atoms with van der Waals surface area (Å²) in [5, 5.41) is 0. The van der Waals surface area contributed by atoms with E-state index in [1.807, 2.05) is 60.7 Å². The molecular formula is C82H54N4O2. The Kier molecular flexibility index (Phi) is 11.9. The number of rotatable bonds is 10. The second kappa shape index (κ2) is 20.6. The summed E-state index contributed by atoms with van der Waals surface area (Å²) < 4.78 is 14.3. The minimum Gasteiger partial charge on any atom is -0.435 e. The summed E-state index contributed by atoms with van der Waals surface area (Å²) in [6, 6.07) is 117. The fraction of sp³-hybridized carbons (Fsp3) is 0.0244. The van der Waals surface area contributed by atoms with E-state index in [1.54, 1.807) is 0 Å². The lowest BCUT2D eigenvalue weighted by Crippen LogP contribution is -2.37. The number of oxazole rings is 2. The van der Waals surface area contributed by atoms with Crippen molar-refractivity contribution in [3.8, 4) is 45.2 Å². The Hall–Kier alpha value is -11.6. The molecule has 17 rings (SSSR count). The predicted octanol–water partition coefficient (Wildman–Crippen LogP) is 21.0. The third-order valence-electron chi connectivity index (χ3n) is 18.1. The highest BCUT2D eigenvalue weighted by molar-refractivity contribution is 6.16. The molecule has 2 aliphatic rings. The molecule has 15 aromatic rings. The molecule has 0 N–H and O–H groups in total. The zero-order valence-electron chi connectivity index (χ0n) is 47.8. The summed E-state index contributed by atoms with van der Waals surface area (Å²) in [7, 11) is 0. The first-order chi connectivity index (χ1) is 43.7. The van der Waals surface area contributed by atoms with Crippen LogP contribution in [0.25, 0.3) is 67.4 Å². The Morgan fingerprint density at radius 2 is 0.489 bits per heavy atom. The Balaban J connectivity index is 0.841. The molecule has 0 fully saturated rings. The van der Waals surface area contributed by atoms with Crippen LogP contribution >= 0.6 is 0 Å². The van der Waals surface area contributed by atoms with Crippen LogP contribution in [-0.2, 0) is 10.8 Å². The Bertz CT molecular complexity index is 4510. The fourth-order valence-corrected chi connectivity index (χ4v) is 14.4. The summed E-state index contributed by atoms with van der Waals surface area (Å²) in [6.07, 6.45) is 0. The van der Waals surface area contributed by atoms with Gasteiger partial charge in [0.05, 0.1) is 44.7 Å². The number of anilines is 6. The molecule has 6 heteroatoms. The van der Waals surface area contributed by atoms with E-state index in [-0.39, 0.29) is 0 Å². The maximum Gasteiger partial charge on any atom is 0.227 e. The molecule has 2 aromatic heterocycles. The van der Waals surface area contributed by atoms with Crippen LogP contribution in [0.1, 0.15) is 44.5 Å². The quantitative estimate of drug-likeness (QED) is 0.136. The van der Waals surface area contributed by atoms with Gasteiger partial charge in [-0.2, -0.15) is 0 Å². The van der Waals surface area contributed by atoms with Crippen molar-refractivity contribution >= 4 is 56.3 Å². The molecule has 0 aliphatic carbocycles. The molecule has 0 bridgehead atoms. The number of para-hydroxylation sites is 4. The van der Waals surface area contributed by atoms with Gasteiger partial charge in [0.1, 0.15) is 11.0 Å². The molecule has 4 heterocycles. The molecule has 6 nitrogen and oxygen atoms in total. The minimum atomic E-state index is -0.583. The molecule has 0 atom stereocenters. The number of aromatic nitrogens is 2. The van der Waals surface area contributed by atoms with Crippen molar-refractivity contribution in [3.05, 3.63) is 372 Å². The van der Waals surface area contributed by atoms with Crippen molar-refractivity contribution in [3.63, 3.8) is 0 Å². The number of hydrogen-bond acceptors (Lipinski definition) is 6. The van der Waals surface area contributed by atoms with Gasteiger partial charge in [-0.3, -0.25) is 0 Å². The van der Waals surface area contributed by atoms with Crippen LogP contribution in [0, 0.1) is 0 Å². The summed E-state index contributed by atoms with van der Waals surface area (Å²) in [6.45, 7) is 0. The first kappa shape index (κ1) is 50.9. The molecule has 0 saturated heterocycles. The molecule has 88 heavy (non-hydrogen) atoms. The zero-order valence-corrected chi connectivity index (χ0v) is 47.8. The van der Waals surface area contributed by atoms with E-state index in [9.17, 15) is 0 Å². The van der Waals surface area contributed by atoms with Gasteiger partial charge in [-0.15, -0.1) is 0 Å². The van der Waals surface area contributed by atoms with Crippen molar-refractivity contribution in [1.29, 1.82) is 0 Å². The van der Waals surface area contributed by atoms with Gasteiger partial charge >= 0.3 is 0 Å². The highest BCUT2D eigenvalue weighted by atomic mass is 16.4. The van der Waals surface area contributed by atoms with E-state index in [0.717, 1.165) is 67.5 Å². The first-order valence-corrected chi connectivity index (χ1v) is 30.0. The second-order valence-corrected chi connectivity index (χ2v) is 22.7. The molecular weight excluding hydrogens is 1070 g/mol. The number of nitrogens with zero attached hydrogens (tertiary/aromatic N) is 4. The maximum absolute atomic E-state index is 7.15. The molecule has 0 spiro atoms. The smallest absolute Gasteiger partial charge is 0.227 e.